The zero-order valence-electron chi connectivity index (χ0n) is 23.2. The summed E-state index contributed by atoms with van der Waals surface area (Å²) >= 11 is 0. The molecule has 4 rings (SSSR count). The highest BCUT2D eigenvalue weighted by atomic mass is 16.2. The Morgan fingerprint density at radius 3 is 2.24 bits per heavy atom. The van der Waals surface area contributed by atoms with Crippen molar-refractivity contribution >= 4 is 17.8 Å². The third-order valence-corrected chi connectivity index (χ3v) is 9.17. The number of nitrogens with one attached hydrogen (secondary N) is 1. The van der Waals surface area contributed by atoms with E-state index in [2.05, 4.69) is 59.5 Å². The zero-order valence-corrected chi connectivity index (χ0v) is 23.2. The SMILES string of the molecule is CN(C)C(=O)CCNC(=O)CCN1CC2(CCC(c3ccccc3)(N(C)C)CC2)N(CC2CCC2)C1=O. The highest BCUT2D eigenvalue weighted by Crippen LogP contribution is 2.49. The highest BCUT2D eigenvalue weighted by molar-refractivity contribution is 5.81. The smallest absolute Gasteiger partial charge is 0.320 e. The molecule has 0 radical (unpaired) electrons. The minimum atomic E-state index is -0.157. The summed E-state index contributed by atoms with van der Waals surface area (Å²) in [5, 5.41) is 2.84. The van der Waals surface area contributed by atoms with Crippen LogP contribution in [0.4, 0.5) is 4.79 Å². The predicted octanol–water partition coefficient (Wildman–Crippen LogP) is 3.28. The Morgan fingerprint density at radius 1 is 1.00 bits per heavy atom. The molecule has 0 unspecified atom stereocenters. The van der Waals surface area contributed by atoms with Crippen molar-refractivity contribution in [3.8, 4) is 0 Å². The quantitative estimate of drug-likeness (QED) is 0.523. The fourth-order valence-corrected chi connectivity index (χ4v) is 6.42. The standard InChI is InChI=1S/C29H45N5O3/c1-31(2)26(36)13-19-30-25(35)14-20-33-22-28(34(27(33)37)21-23-9-8-10-23)15-17-29(18-16-28,32(3)4)24-11-6-5-7-12-24/h5-7,11-12,23H,8-10,13-22H2,1-4H3,(H,30,35). The van der Waals surface area contributed by atoms with Gasteiger partial charge in [-0.2, -0.15) is 0 Å². The van der Waals surface area contributed by atoms with Gasteiger partial charge in [-0.3, -0.25) is 14.5 Å². The van der Waals surface area contributed by atoms with Gasteiger partial charge >= 0.3 is 6.03 Å². The van der Waals surface area contributed by atoms with E-state index in [4.69, 9.17) is 0 Å². The Labute approximate surface area is 222 Å². The Bertz CT molecular complexity index is 952. The van der Waals surface area contributed by atoms with E-state index < -0.39 is 0 Å². The van der Waals surface area contributed by atoms with Gasteiger partial charge in [0.25, 0.3) is 0 Å². The number of urea groups is 1. The molecule has 204 valence electrons. The first kappa shape index (κ1) is 27.4. The second-order valence-electron chi connectivity index (χ2n) is 11.8. The van der Waals surface area contributed by atoms with Gasteiger partial charge in [0, 0.05) is 58.7 Å². The molecule has 1 N–H and O–H groups in total. The maximum Gasteiger partial charge on any atom is 0.320 e. The number of nitrogens with zero attached hydrogens (tertiary/aromatic N) is 4. The zero-order chi connectivity index (χ0) is 26.6. The lowest BCUT2D eigenvalue weighted by Gasteiger charge is -2.51. The number of amides is 4. The molecule has 8 nitrogen and oxygen atoms in total. The first-order chi connectivity index (χ1) is 17.7. The fourth-order valence-electron chi connectivity index (χ4n) is 6.42. The van der Waals surface area contributed by atoms with Gasteiger partial charge in [0.05, 0.1) is 5.54 Å². The molecule has 1 aromatic carbocycles. The van der Waals surface area contributed by atoms with Gasteiger partial charge in [-0.15, -0.1) is 0 Å². The van der Waals surface area contributed by atoms with Crippen LogP contribution < -0.4 is 5.32 Å². The Kier molecular flexibility index (Phi) is 8.46. The molecule has 1 heterocycles. The van der Waals surface area contributed by atoms with Crippen LogP contribution in [0.15, 0.2) is 30.3 Å². The minimum absolute atomic E-state index is 0.00907. The summed E-state index contributed by atoms with van der Waals surface area (Å²) in [6, 6.07) is 10.9. The van der Waals surface area contributed by atoms with Crippen molar-refractivity contribution in [2.75, 3.05) is 54.4 Å². The number of carbonyl (C=O) groups is 3. The predicted molar refractivity (Wildman–Crippen MR) is 145 cm³/mol. The van der Waals surface area contributed by atoms with Crippen LogP contribution in [0.2, 0.25) is 0 Å². The van der Waals surface area contributed by atoms with Gasteiger partial charge < -0.3 is 20.0 Å². The number of rotatable bonds is 10. The van der Waals surface area contributed by atoms with Gasteiger partial charge in [-0.25, -0.2) is 4.79 Å². The van der Waals surface area contributed by atoms with Crippen LogP contribution in [0.25, 0.3) is 0 Å². The van der Waals surface area contributed by atoms with E-state index in [-0.39, 0.29) is 41.8 Å². The summed E-state index contributed by atoms with van der Waals surface area (Å²) in [6.45, 7) is 2.29. The summed E-state index contributed by atoms with van der Waals surface area (Å²) < 4.78 is 0. The highest BCUT2D eigenvalue weighted by Gasteiger charge is 2.54. The molecule has 8 heteroatoms. The van der Waals surface area contributed by atoms with Gasteiger partial charge in [0.15, 0.2) is 0 Å². The monoisotopic (exact) mass is 511 g/mol. The van der Waals surface area contributed by atoms with Crippen LogP contribution >= 0.6 is 0 Å². The molecule has 37 heavy (non-hydrogen) atoms. The van der Waals surface area contributed by atoms with Crippen molar-refractivity contribution in [2.45, 2.75) is 68.9 Å². The van der Waals surface area contributed by atoms with E-state index in [1.807, 2.05) is 4.90 Å². The van der Waals surface area contributed by atoms with E-state index in [1.165, 1.54) is 29.7 Å². The van der Waals surface area contributed by atoms with E-state index >= 15 is 0 Å². The Balaban J connectivity index is 1.41. The maximum atomic E-state index is 13.7. The van der Waals surface area contributed by atoms with Gasteiger partial charge in [0.1, 0.15) is 0 Å². The van der Waals surface area contributed by atoms with Gasteiger partial charge in [-0.05, 0) is 64.1 Å². The molecule has 0 aromatic heterocycles. The van der Waals surface area contributed by atoms with Crippen molar-refractivity contribution in [1.82, 2.24) is 24.9 Å². The van der Waals surface area contributed by atoms with Gasteiger partial charge in [-0.1, -0.05) is 36.8 Å². The molecule has 2 saturated carbocycles. The van der Waals surface area contributed by atoms with Crippen LogP contribution in [0.5, 0.6) is 0 Å². The first-order valence-corrected chi connectivity index (χ1v) is 13.9. The lowest BCUT2D eigenvalue weighted by Crippen LogP contribution is -2.56. The fraction of sp³-hybridized carbons (Fsp3) is 0.690. The van der Waals surface area contributed by atoms with Crippen LogP contribution in [0.3, 0.4) is 0 Å². The first-order valence-electron chi connectivity index (χ1n) is 13.9. The Morgan fingerprint density at radius 2 is 1.68 bits per heavy atom. The van der Waals surface area contributed by atoms with Gasteiger partial charge in [0.2, 0.25) is 11.8 Å². The van der Waals surface area contributed by atoms with Crippen LogP contribution in [0.1, 0.15) is 63.4 Å². The van der Waals surface area contributed by atoms with Crippen molar-refractivity contribution in [1.29, 1.82) is 0 Å². The third-order valence-electron chi connectivity index (χ3n) is 9.17. The average Bonchev–Trinajstić information content (AvgIpc) is 3.11. The second kappa shape index (κ2) is 11.4. The molecular formula is C29H45N5O3. The van der Waals surface area contributed by atoms with Crippen LogP contribution in [-0.2, 0) is 15.1 Å². The second-order valence-corrected chi connectivity index (χ2v) is 11.8. The van der Waals surface area contributed by atoms with Crippen molar-refractivity contribution in [3.63, 3.8) is 0 Å². The van der Waals surface area contributed by atoms with E-state index in [9.17, 15) is 14.4 Å². The topological polar surface area (TPSA) is 76.2 Å². The Hall–Kier alpha value is -2.61. The van der Waals surface area contributed by atoms with Crippen molar-refractivity contribution in [3.05, 3.63) is 35.9 Å². The van der Waals surface area contributed by atoms with E-state index in [1.54, 1.807) is 14.1 Å². The summed E-state index contributed by atoms with van der Waals surface area (Å²) in [7, 11) is 7.77. The average molecular weight is 512 g/mol. The lowest BCUT2D eigenvalue weighted by atomic mass is 9.68. The van der Waals surface area contributed by atoms with E-state index in [0.29, 0.717) is 25.6 Å². The molecular weight excluding hydrogens is 466 g/mol. The van der Waals surface area contributed by atoms with E-state index in [0.717, 1.165) is 32.2 Å². The minimum Gasteiger partial charge on any atom is -0.356 e. The number of hydrogen-bond acceptors (Lipinski definition) is 4. The molecule has 1 aromatic rings. The van der Waals surface area contributed by atoms with Crippen molar-refractivity contribution < 1.29 is 14.4 Å². The molecule has 1 aliphatic heterocycles. The normalized spacial score (nSPS) is 26.0. The maximum absolute atomic E-state index is 13.7. The summed E-state index contributed by atoms with van der Waals surface area (Å²) in [4.78, 5) is 45.9. The molecule has 1 saturated heterocycles. The summed E-state index contributed by atoms with van der Waals surface area (Å²) in [5.74, 6) is 0.489. The number of benzene rings is 1. The lowest BCUT2D eigenvalue weighted by molar-refractivity contribution is -0.128. The molecule has 0 atom stereocenters. The number of hydrogen-bond donors (Lipinski definition) is 1. The molecule has 2 aliphatic carbocycles. The summed E-state index contributed by atoms with van der Waals surface area (Å²) in [5.41, 5.74) is 1.18. The summed E-state index contributed by atoms with van der Waals surface area (Å²) in [6.07, 6.45) is 8.17. The third kappa shape index (κ3) is 5.79. The molecule has 1 spiro atoms. The molecule has 4 amide bonds. The molecule has 3 fully saturated rings. The largest absolute Gasteiger partial charge is 0.356 e. The molecule has 3 aliphatic rings. The van der Waals surface area contributed by atoms with Crippen LogP contribution in [-0.4, -0.2) is 97.4 Å². The van der Waals surface area contributed by atoms with Crippen molar-refractivity contribution in [2.24, 2.45) is 5.92 Å². The molecule has 0 bridgehead atoms. The van der Waals surface area contributed by atoms with Crippen LogP contribution in [0, 0.1) is 5.92 Å². The number of carbonyl (C=O) groups excluding carboxylic acids is 3.